The average Bonchev–Trinajstić information content (AvgIpc) is 2.70. The van der Waals surface area contributed by atoms with Gasteiger partial charge in [0.2, 0.25) is 0 Å². The Bertz CT molecular complexity index is 633. The Morgan fingerprint density at radius 3 is 2.50 bits per heavy atom. The number of H-pyrrole nitrogens is 1. The zero-order chi connectivity index (χ0) is 11.9. The van der Waals surface area contributed by atoms with Crippen LogP contribution in [0.15, 0.2) is 11.2 Å². The lowest BCUT2D eigenvalue weighted by Gasteiger charge is -1.88. The Hall–Kier alpha value is -0.340. The van der Waals surface area contributed by atoms with E-state index in [0.29, 0.717) is 14.2 Å². The minimum absolute atomic E-state index is 0.132. The first kappa shape index (κ1) is 12.1. The molecule has 10 heteroatoms. The predicted molar refractivity (Wildman–Crippen MR) is 62.8 cm³/mol. The van der Waals surface area contributed by atoms with Crippen molar-refractivity contribution in [3.05, 3.63) is 14.7 Å². The van der Waals surface area contributed by atoms with Gasteiger partial charge < -0.3 is 0 Å². The molecule has 0 radical (unpaired) electrons. The quantitative estimate of drug-likeness (QED) is 0.864. The lowest BCUT2D eigenvalue weighted by molar-refractivity contribution is 0.602. The van der Waals surface area contributed by atoms with Crippen molar-refractivity contribution >= 4 is 54.3 Å². The van der Waals surface area contributed by atoms with Gasteiger partial charge in [0.05, 0.1) is 9.90 Å². The van der Waals surface area contributed by atoms with Crippen LogP contribution in [0.4, 0.5) is 0 Å². The molecular formula is C6H2Cl3N3O2S2. The molecule has 2 aromatic rings. The molecule has 2 rings (SSSR count). The van der Waals surface area contributed by atoms with Gasteiger partial charge in [-0.2, -0.15) is 10.1 Å². The lowest BCUT2D eigenvalue weighted by atomic mass is 10.3. The Balaban J connectivity index is 2.51. The van der Waals surface area contributed by atoms with E-state index in [1.807, 2.05) is 0 Å². The van der Waals surface area contributed by atoms with Crippen molar-refractivity contribution in [2.45, 2.75) is 5.16 Å². The van der Waals surface area contributed by atoms with Crippen LogP contribution in [0.25, 0.3) is 11.4 Å². The van der Waals surface area contributed by atoms with Crippen molar-refractivity contribution < 1.29 is 8.42 Å². The predicted octanol–water partition coefficient (Wildman–Crippen LogP) is 2.77. The Kier molecular flexibility index (Phi) is 3.15. The Labute approximate surface area is 109 Å². The van der Waals surface area contributed by atoms with Crippen LogP contribution in [0.1, 0.15) is 0 Å². The van der Waals surface area contributed by atoms with Crippen molar-refractivity contribution in [3.63, 3.8) is 0 Å². The third-order valence-corrected chi connectivity index (χ3v) is 4.16. The maximum atomic E-state index is 10.9. The number of hydrogen-bond acceptors (Lipinski definition) is 5. The molecule has 0 unspecified atom stereocenters. The highest BCUT2D eigenvalue weighted by Crippen LogP contribution is 2.36. The van der Waals surface area contributed by atoms with Crippen LogP contribution in [-0.2, 0) is 9.05 Å². The number of halogens is 3. The molecule has 0 saturated heterocycles. The molecule has 16 heavy (non-hydrogen) atoms. The summed E-state index contributed by atoms with van der Waals surface area (Å²) in [6.07, 6.45) is 0. The van der Waals surface area contributed by atoms with Gasteiger partial charge in [-0.25, -0.2) is 13.5 Å². The van der Waals surface area contributed by atoms with E-state index in [4.69, 9.17) is 33.9 Å². The van der Waals surface area contributed by atoms with Crippen molar-refractivity contribution in [2.24, 2.45) is 0 Å². The summed E-state index contributed by atoms with van der Waals surface area (Å²) < 4.78 is 22.7. The third-order valence-electron chi connectivity index (χ3n) is 1.59. The summed E-state index contributed by atoms with van der Waals surface area (Å²) in [4.78, 5) is 3.70. The average molecular weight is 319 g/mol. The van der Waals surface area contributed by atoms with E-state index in [0.717, 1.165) is 11.3 Å². The fourth-order valence-electron chi connectivity index (χ4n) is 0.969. The van der Waals surface area contributed by atoms with Gasteiger partial charge in [0.25, 0.3) is 14.2 Å². The van der Waals surface area contributed by atoms with E-state index in [2.05, 4.69) is 15.2 Å². The van der Waals surface area contributed by atoms with E-state index >= 15 is 0 Å². The van der Waals surface area contributed by atoms with Gasteiger partial charge in [0.1, 0.15) is 4.34 Å². The fourth-order valence-corrected chi connectivity index (χ4v) is 2.98. The summed E-state index contributed by atoms with van der Waals surface area (Å²) in [5.74, 6) is 0.132. The van der Waals surface area contributed by atoms with Gasteiger partial charge in [0.15, 0.2) is 5.82 Å². The summed E-state index contributed by atoms with van der Waals surface area (Å²) in [5.41, 5.74) is 0.458. The molecule has 0 fully saturated rings. The zero-order valence-electron chi connectivity index (χ0n) is 7.24. The van der Waals surface area contributed by atoms with Crippen LogP contribution in [-0.4, -0.2) is 23.6 Å². The van der Waals surface area contributed by atoms with Crippen LogP contribution in [0.2, 0.25) is 8.67 Å². The van der Waals surface area contributed by atoms with Crippen LogP contribution >= 0.6 is 45.2 Å². The minimum Gasteiger partial charge on any atom is -0.248 e. The molecule has 86 valence electrons. The first-order valence-electron chi connectivity index (χ1n) is 3.70. The van der Waals surface area contributed by atoms with Crippen molar-refractivity contribution in [1.82, 2.24) is 15.2 Å². The normalized spacial score (nSPS) is 11.9. The van der Waals surface area contributed by atoms with E-state index in [-0.39, 0.29) is 5.82 Å². The van der Waals surface area contributed by atoms with E-state index in [1.165, 1.54) is 0 Å². The SMILES string of the molecule is O=S(=O)(Cl)c1nc(-c2cc(Cl)sc2Cl)n[nH]1. The topological polar surface area (TPSA) is 75.7 Å². The number of rotatable bonds is 2. The summed E-state index contributed by atoms with van der Waals surface area (Å²) in [5, 5.41) is 5.47. The van der Waals surface area contributed by atoms with Gasteiger partial charge in [-0.1, -0.05) is 23.2 Å². The smallest absolute Gasteiger partial charge is 0.248 e. The molecule has 2 heterocycles. The first-order valence-corrected chi connectivity index (χ1v) is 7.58. The first-order chi connectivity index (χ1) is 7.38. The van der Waals surface area contributed by atoms with Crippen molar-refractivity contribution in [1.29, 1.82) is 0 Å². The van der Waals surface area contributed by atoms with Gasteiger partial charge in [-0.15, -0.1) is 11.3 Å². The molecule has 0 saturated carbocycles. The van der Waals surface area contributed by atoms with Gasteiger partial charge >= 0.3 is 0 Å². The maximum absolute atomic E-state index is 10.9. The molecule has 5 nitrogen and oxygen atoms in total. The highest BCUT2D eigenvalue weighted by molar-refractivity contribution is 8.13. The van der Waals surface area contributed by atoms with Crippen LogP contribution in [0.3, 0.4) is 0 Å². The molecule has 0 aliphatic carbocycles. The van der Waals surface area contributed by atoms with E-state index in [9.17, 15) is 8.42 Å². The number of nitrogens with one attached hydrogen (secondary N) is 1. The summed E-state index contributed by atoms with van der Waals surface area (Å²) in [7, 11) is 1.16. The van der Waals surface area contributed by atoms with Crippen molar-refractivity contribution in [2.75, 3.05) is 0 Å². The minimum atomic E-state index is -3.93. The molecule has 0 aliphatic heterocycles. The lowest BCUT2D eigenvalue weighted by Crippen LogP contribution is -1.92. The van der Waals surface area contributed by atoms with Gasteiger partial charge in [-0.3, -0.25) is 0 Å². The van der Waals surface area contributed by atoms with Crippen molar-refractivity contribution in [3.8, 4) is 11.4 Å². The van der Waals surface area contributed by atoms with Crippen LogP contribution in [0.5, 0.6) is 0 Å². The molecule has 0 spiro atoms. The highest BCUT2D eigenvalue weighted by Gasteiger charge is 2.19. The van der Waals surface area contributed by atoms with Gasteiger partial charge in [0, 0.05) is 10.7 Å². The monoisotopic (exact) mass is 317 g/mol. The Morgan fingerprint density at radius 1 is 1.38 bits per heavy atom. The molecule has 0 amide bonds. The van der Waals surface area contributed by atoms with E-state index in [1.54, 1.807) is 6.07 Å². The number of hydrogen-bond donors (Lipinski definition) is 1. The second-order valence-electron chi connectivity index (χ2n) is 2.64. The third kappa shape index (κ3) is 2.33. The molecule has 1 N–H and O–H groups in total. The number of thiophene rings is 1. The largest absolute Gasteiger partial charge is 0.296 e. The molecule has 0 bridgehead atoms. The Morgan fingerprint density at radius 2 is 2.06 bits per heavy atom. The van der Waals surface area contributed by atoms with E-state index < -0.39 is 14.2 Å². The molecule has 0 aliphatic rings. The maximum Gasteiger partial charge on any atom is 0.296 e. The van der Waals surface area contributed by atoms with Crippen LogP contribution in [0, 0.1) is 0 Å². The van der Waals surface area contributed by atoms with Gasteiger partial charge in [-0.05, 0) is 6.07 Å². The second-order valence-corrected chi connectivity index (χ2v) is 7.41. The number of nitrogens with zero attached hydrogens (tertiary/aromatic N) is 2. The number of aromatic nitrogens is 3. The fraction of sp³-hybridized carbons (Fsp3) is 0. The highest BCUT2D eigenvalue weighted by atomic mass is 35.7. The summed E-state index contributed by atoms with van der Waals surface area (Å²) in [6, 6.07) is 1.54. The van der Waals surface area contributed by atoms with Crippen LogP contribution < -0.4 is 0 Å². The molecular weight excluding hydrogens is 317 g/mol. The molecule has 0 atom stereocenters. The second kappa shape index (κ2) is 4.15. The molecule has 0 aromatic carbocycles. The molecule has 2 aromatic heterocycles. The zero-order valence-corrected chi connectivity index (χ0v) is 11.1. The number of aromatic amines is 1. The summed E-state index contributed by atoms with van der Waals surface area (Å²) in [6.45, 7) is 0. The summed E-state index contributed by atoms with van der Waals surface area (Å²) >= 11 is 12.7. The standard InChI is InChI=1S/C6H2Cl3N3O2S2/c7-3-1-2(4(8)15-3)5-10-6(12-11-5)16(9,13)14/h1H,(H,10,11,12).